The highest BCUT2D eigenvalue weighted by Crippen LogP contribution is 2.42. The molecule has 0 unspecified atom stereocenters. The number of carbonyl (C=O) groups excluding carboxylic acids is 1. The third-order valence-electron chi connectivity index (χ3n) is 3.46. The lowest BCUT2D eigenvalue weighted by atomic mass is 10.0. The number of fused-ring (bicyclic) bond motifs is 3. The summed E-state index contributed by atoms with van der Waals surface area (Å²) >= 11 is 0. The van der Waals surface area contributed by atoms with Gasteiger partial charge in [-0.15, -0.1) is 0 Å². The summed E-state index contributed by atoms with van der Waals surface area (Å²) in [5.74, 6) is 0. The van der Waals surface area contributed by atoms with Crippen LogP contribution in [0.5, 0.6) is 0 Å². The summed E-state index contributed by atoms with van der Waals surface area (Å²) in [5, 5.41) is 2.46. The third-order valence-corrected chi connectivity index (χ3v) is 3.46. The smallest absolute Gasteiger partial charge is 0.291 e. The zero-order valence-corrected chi connectivity index (χ0v) is 9.53. The third kappa shape index (κ3) is 1.06. The van der Waals surface area contributed by atoms with Crippen LogP contribution < -0.4 is 9.97 Å². The van der Waals surface area contributed by atoms with Crippen molar-refractivity contribution in [3.63, 3.8) is 0 Å². The molecule has 0 radical (unpaired) electrons. The van der Waals surface area contributed by atoms with Crippen LogP contribution in [-0.4, -0.2) is 6.29 Å². The number of aldehydes is 1. The number of hydrogen-bond acceptors (Lipinski definition) is 1. The summed E-state index contributed by atoms with van der Waals surface area (Å²) in [4.78, 5) is 17.3. The molecule has 0 aliphatic heterocycles. The molecule has 1 aliphatic rings. The van der Waals surface area contributed by atoms with E-state index in [0.717, 1.165) is 23.2 Å². The van der Waals surface area contributed by atoms with Crippen molar-refractivity contribution in [3.05, 3.63) is 48.3 Å². The Kier molecular flexibility index (Phi) is 1.70. The Bertz CT molecular complexity index is 803. The van der Waals surface area contributed by atoms with Crippen molar-refractivity contribution in [1.82, 2.24) is 0 Å². The molecule has 0 atom stereocenters. The lowest BCUT2D eigenvalue weighted by Gasteiger charge is -1.97. The van der Waals surface area contributed by atoms with Crippen LogP contribution in [-0.2, 0) is 0 Å². The minimum absolute atomic E-state index is 0.554. The van der Waals surface area contributed by atoms with Gasteiger partial charge in [0, 0.05) is 5.39 Å². The fraction of sp³-hybridized carbons (Fsp3) is 0. The SMILES string of the molecule is O=Cc1c[nH+]c2c([nH+]1)-c1cccc3cccc-2c13. The summed E-state index contributed by atoms with van der Waals surface area (Å²) in [7, 11) is 0. The number of H-pyrrole nitrogens is 2. The maximum absolute atomic E-state index is 10.9. The van der Waals surface area contributed by atoms with E-state index in [4.69, 9.17) is 0 Å². The fourth-order valence-electron chi connectivity index (χ4n) is 2.70. The van der Waals surface area contributed by atoms with Crippen molar-refractivity contribution >= 4 is 17.1 Å². The van der Waals surface area contributed by atoms with Crippen molar-refractivity contribution in [3.8, 4) is 22.5 Å². The first kappa shape index (κ1) is 9.48. The Balaban J connectivity index is 2.20. The molecule has 2 N–H and O–H groups in total. The quantitative estimate of drug-likeness (QED) is 0.464. The second-order valence-electron chi connectivity index (χ2n) is 4.45. The Morgan fingerprint density at radius 1 is 0.944 bits per heavy atom. The summed E-state index contributed by atoms with van der Waals surface area (Å²) in [6.07, 6.45) is 2.52. The van der Waals surface area contributed by atoms with Crippen molar-refractivity contribution in [2.45, 2.75) is 0 Å². The molecular weight excluding hydrogens is 224 g/mol. The second-order valence-corrected chi connectivity index (χ2v) is 4.45. The van der Waals surface area contributed by atoms with Gasteiger partial charge in [-0.3, -0.25) is 4.79 Å². The Labute approximate surface area is 103 Å². The van der Waals surface area contributed by atoms with Crippen LogP contribution in [0.4, 0.5) is 0 Å². The van der Waals surface area contributed by atoms with Gasteiger partial charge in [-0.2, -0.15) is 9.97 Å². The maximum atomic E-state index is 10.9. The first-order valence-corrected chi connectivity index (χ1v) is 5.84. The number of hydrogen-bond donors (Lipinski definition) is 0. The predicted octanol–water partition coefficient (Wildman–Crippen LogP) is 1.93. The van der Waals surface area contributed by atoms with Gasteiger partial charge in [0.2, 0.25) is 12.5 Å². The van der Waals surface area contributed by atoms with E-state index in [-0.39, 0.29) is 0 Å². The molecule has 84 valence electrons. The predicted molar refractivity (Wildman–Crippen MR) is 66.9 cm³/mol. The van der Waals surface area contributed by atoms with E-state index in [1.807, 2.05) is 6.07 Å². The molecule has 1 aromatic heterocycles. The molecule has 0 fully saturated rings. The first-order chi connectivity index (χ1) is 8.88. The summed E-state index contributed by atoms with van der Waals surface area (Å²) in [5.41, 5.74) is 4.93. The Morgan fingerprint density at radius 3 is 2.39 bits per heavy atom. The number of aromatic amines is 2. The highest BCUT2D eigenvalue weighted by Gasteiger charge is 2.32. The highest BCUT2D eigenvalue weighted by molar-refractivity contribution is 6.11. The molecule has 4 rings (SSSR count). The largest absolute Gasteiger partial charge is 0.308 e. The van der Waals surface area contributed by atoms with E-state index in [1.165, 1.54) is 16.3 Å². The minimum Gasteiger partial charge on any atom is -0.291 e. The normalized spacial score (nSPS) is 11.6. The summed E-state index contributed by atoms with van der Waals surface area (Å²) in [6, 6.07) is 12.5. The topological polar surface area (TPSA) is 45.4 Å². The van der Waals surface area contributed by atoms with Gasteiger partial charge in [0.05, 0.1) is 11.1 Å². The van der Waals surface area contributed by atoms with Gasteiger partial charge in [0.1, 0.15) is 0 Å². The number of benzene rings is 2. The zero-order chi connectivity index (χ0) is 12.1. The van der Waals surface area contributed by atoms with Crippen molar-refractivity contribution < 1.29 is 14.8 Å². The Morgan fingerprint density at radius 2 is 1.67 bits per heavy atom. The second kappa shape index (κ2) is 3.23. The van der Waals surface area contributed by atoms with Gasteiger partial charge in [-0.1, -0.05) is 24.3 Å². The van der Waals surface area contributed by atoms with Crippen LogP contribution in [0.1, 0.15) is 10.5 Å². The molecule has 3 aromatic rings. The van der Waals surface area contributed by atoms with Gasteiger partial charge >= 0.3 is 5.69 Å². The molecule has 0 bridgehead atoms. The van der Waals surface area contributed by atoms with E-state index >= 15 is 0 Å². The Hall–Kier alpha value is -2.55. The lowest BCUT2D eigenvalue weighted by molar-refractivity contribution is -0.430. The minimum atomic E-state index is 0.554. The maximum Gasteiger partial charge on any atom is 0.308 e. The van der Waals surface area contributed by atoms with Crippen LogP contribution in [0.25, 0.3) is 33.3 Å². The highest BCUT2D eigenvalue weighted by atomic mass is 16.1. The molecule has 2 aromatic carbocycles. The van der Waals surface area contributed by atoms with E-state index in [1.54, 1.807) is 6.20 Å². The van der Waals surface area contributed by atoms with Crippen molar-refractivity contribution in [1.29, 1.82) is 0 Å². The molecule has 0 spiro atoms. The van der Waals surface area contributed by atoms with E-state index in [0.29, 0.717) is 5.69 Å². The molecule has 0 amide bonds. The van der Waals surface area contributed by atoms with Crippen LogP contribution >= 0.6 is 0 Å². The van der Waals surface area contributed by atoms with Crippen LogP contribution in [0.2, 0.25) is 0 Å². The first-order valence-electron chi connectivity index (χ1n) is 5.84. The molecule has 1 aliphatic carbocycles. The molecule has 1 heterocycles. The summed E-state index contributed by atoms with van der Waals surface area (Å²) < 4.78 is 0. The number of nitrogens with one attached hydrogen (secondary N) is 2. The average molecular weight is 234 g/mol. The van der Waals surface area contributed by atoms with Crippen LogP contribution in [0.3, 0.4) is 0 Å². The van der Waals surface area contributed by atoms with E-state index in [2.05, 4.69) is 40.3 Å². The van der Waals surface area contributed by atoms with Gasteiger partial charge < -0.3 is 0 Å². The average Bonchev–Trinajstić information content (AvgIpc) is 2.76. The molecule has 0 saturated carbocycles. The number of rotatable bonds is 1. The van der Waals surface area contributed by atoms with Gasteiger partial charge in [-0.05, 0) is 17.5 Å². The summed E-state index contributed by atoms with van der Waals surface area (Å²) in [6.45, 7) is 0. The van der Waals surface area contributed by atoms with Crippen LogP contribution in [0.15, 0.2) is 42.6 Å². The number of aromatic nitrogens is 2. The van der Waals surface area contributed by atoms with Crippen LogP contribution in [0, 0.1) is 0 Å². The monoisotopic (exact) mass is 234 g/mol. The molecular formula is C15H10N2O+2. The van der Waals surface area contributed by atoms with E-state index in [9.17, 15) is 4.79 Å². The van der Waals surface area contributed by atoms with Crippen molar-refractivity contribution in [2.75, 3.05) is 0 Å². The zero-order valence-electron chi connectivity index (χ0n) is 9.53. The molecule has 3 nitrogen and oxygen atoms in total. The van der Waals surface area contributed by atoms with Gasteiger partial charge in [0.25, 0.3) is 11.4 Å². The standard InChI is InChI=1S/C15H8N2O/c18-8-10-7-16-14-11-5-1-3-9-4-2-6-12(13(9)11)15(14)17-10/h1-8H/p+2. The van der Waals surface area contributed by atoms with Crippen molar-refractivity contribution in [2.24, 2.45) is 0 Å². The fourth-order valence-corrected chi connectivity index (χ4v) is 2.70. The van der Waals surface area contributed by atoms with E-state index < -0.39 is 0 Å². The molecule has 18 heavy (non-hydrogen) atoms. The molecule has 0 saturated heterocycles. The van der Waals surface area contributed by atoms with Gasteiger partial charge in [-0.25, -0.2) is 0 Å². The number of carbonyl (C=O) groups is 1. The van der Waals surface area contributed by atoms with Gasteiger partial charge in [0.15, 0.2) is 0 Å². The lowest BCUT2D eigenvalue weighted by Crippen LogP contribution is -2.22. The molecule has 3 heteroatoms.